The van der Waals surface area contributed by atoms with Gasteiger partial charge in [0, 0.05) is 11.3 Å². The number of nitrogens with one attached hydrogen (secondary N) is 2. The average Bonchev–Trinajstić information content (AvgIpc) is 3.22. The van der Waals surface area contributed by atoms with Crippen molar-refractivity contribution >= 4 is 17.7 Å². The molecule has 1 aromatic carbocycles. The summed E-state index contributed by atoms with van der Waals surface area (Å²) in [7, 11) is 0. The molecule has 1 aromatic heterocycles. The minimum Gasteiger partial charge on any atom is -0.442 e. The standard InChI is InChI=1S/C18H18F2N4O3/c19-16(20)17(25)21-8-13-9-24(18(26)27-13)12-4-5-14-10(6-12)2-1-3-11-7-22-23-15(11)14/h4-7,13,16H,1-3,8-9H2,(H,21,25)(H,22,23). The van der Waals surface area contributed by atoms with Gasteiger partial charge in [0.15, 0.2) is 0 Å². The fourth-order valence-corrected chi connectivity index (χ4v) is 3.53. The van der Waals surface area contributed by atoms with E-state index in [9.17, 15) is 18.4 Å². The number of halogens is 2. The molecule has 7 nitrogen and oxygen atoms in total. The summed E-state index contributed by atoms with van der Waals surface area (Å²) in [6, 6.07) is 5.73. The lowest BCUT2D eigenvalue weighted by atomic mass is 10.0. The van der Waals surface area contributed by atoms with E-state index in [2.05, 4.69) is 15.5 Å². The number of hydrogen-bond acceptors (Lipinski definition) is 4. The van der Waals surface area contributed by atoms with Crippen molar-refractivity contribution in [1.82, 2.24) is 15.5 Å². The maximum atomic E-state index is 12.3. The summed E-state index contributed by atoms with van der Waals surface area (Å²) in [4.78, 5) is 24.6. The lowest BCUT2D eigenvalue weighted by Crippen LogP contribution is -2.37. The minimum absolute atomic E-state index is 0.145. The Morgan fingerprint density at radius 3 is 3.00 bits per heavy atom. The van der Waals surface area contributed by atoms with E-state index in [1.54, 1.807) is 0 Å². The average molecular weight is 376 g/mol. The Morgan fingerprint density at radius 2 is 2.19 bits per heavy atom. The fourth-order valence-electron chi connectivity index (χ4n) is 3.53. The van der Waals surface area contributed by atoms with E-state index in [-0.39, 0.29) is 13.1 Å². The zero-order valence-electron chi connectivity index (χ0n) is 14.4. The highest BCUT2D eigenvalue weighted by molar-refractivity contribution is 5.90. The molecular formula is C18H18F2N4O3. The van der Waals surface area contributed by atoms with E-state index in [0.29, 0.717) is 5.69 Å². The molecular weight excluding hydrogens is 358 g/mol. The van der Waals surface area contributed by atoms with Gasteiger partial charge in [0.1, 0.15) is 6.10 Å². The van der Waals surface area contributed by atoms with E-state index < -0.39 is 24.5 Å². The first-order chi connectivity index (χ1) is 13.0. The van der Waals surface area contributed by atoms with Crippen molar-refractivity contribution in [1.29, 1.82) is 0 Å². The molecule has 2 amide bonds. The predicted molar refractivity (Wildman–Crippen MR) is 92.7 cm³/mol. The van der Waals surface area contributed by atoms with Gasteiger partial charge >= 0.3 is 12.5 Å². The SMILES string of the molecule is O=C(NCC1CN(c2ccc3c(c2)CCCc2cn[nH]c2-3)C(=O)O1)C(F)F. The molecule has 2 heterocycles. The number of nitrogens with zero attached hydrogens (tertiary/aromatic N) is 2. The van der Waals surface area contributed by atoms with Crippen molar-refractivity contribution in [3.63, 3.8) is 0 Å². The van der Waals surface area contributed by atoms with Crippen LogP contribution in [0.5, 0.6) is 0 Å². The van der Waals surface area contributed by atoms with Crippen LogP contribution in [-0.2, 0) is 22.4 Å². The van der Waals surface area contributed by atoms with Crippen molar-refractivity contribution in [2.24, 2.45) is 0 Å². The molecule has 27 heavy (non-hydrogen) atoms. The summed E-state index contributed by atoms with van der Waals surface area (Å²) in [5.74, 6) is -1.37. The Morgan fingerprint density at radius 1 is 1.37 bits per heavy atom. The smallest absolute Gasteiger partial charge is 0.414 e. The summed E-state index contributed by atoms with van der Waals surface area (Å²) in [5, 5.41) is 9.23. The number of benzene rings is 1. The summed E-state index contributed by atoms with van der Waals surface area (Å²) in [6.07, 6.45) is 0.329. The summed E-state index contributed by atoms with van der Waals surface area (Å²) in [5.41, 5.74) is 5.04. The van der Waals surface area contributed by atoms with Gasteiger partial charge in [0.05, 0.1) is 25.0 Å². The molecule has 9 heteroatoms. The van der Waals surface area contributed by atoms with Crippen molar-refractivity contribution in [3.8, 4) is 11.3 Å². The second-order valence-corrected chi connectivity index (χ2v) is 6.63. The van der Waals surface area contributed by atoms with Crippen LogP contribution in [0.1, 0.15) is 17.5 Å². The quantitative estimate of drug-likeness (QED) is 0.857. The predicted octanol–water partition coefficient (Wildman–Crippen LogP) is 2.27. The molecule has 2 aliphatic rings. The monoisotopic (exact) mass is 376 g/mol. The van der Waals surface area contributed by atoms with Gasteiger partial charge in [0.25, 0.3) is 5.91 Å². The first-order valence-electron chi connectivity index (χ1n) is 8.72. The van der Waals surface area contributed by atoms with Crippen LogP contribution in [0.4, 0.5) is 19.3 Å². The van der Waals surface area contributed by atoms with Crippen LogP contribution in [0.15, 0.2) is 24.4 Å². The number of rotatable bonds is 4. The maximum Gasteiger partial charge on any atom is 0.414 e. The van der Waals surface area contributed by atoms with Crippen molar-refractivity contribution < 1.29 is 23.1 Å². The number of carbonyl (C=O) groups is 2. The zero-order valence-corrected chi connectivity index (χ0v) is 14.4. The van der Waals surface area contributed by atoms with E-state index in [1.165, 1.54) is 10.5 Å². The molecule has 4 rings (SSSR count). The Kier molecular flexibility index (Phi) is 4.51. The maximum absolute atomic E-state index is 12.3. The summed E-state index contributed by atoms with van der Waals surface area (Å²) < 4.78 is 29.7. The third kappa shape index (κ3) is 3.36. The molecule has 0 saturated carbocycles. The molecule has 0 bridgehead atoms. The highest BCUT2D eigenvalue weighted by atomic mass is 19.3. The first kappa shape index (κ1) is 17.4. The number of aromatic nitrogens is 2. The van der Waals surface area contributed by atoms with Crippen molar-refractivity contribution in [3.05, 3.63) is 35.5 Å². The van der Waals surface area contributed by atoms with Gasteiger partial charge in [-0.15, -0.1) is 0 Å². The van der Waals surface area contributed by atoms with E-state index in [4.69, 9.17) is 4.74 Å². The van der Waals surface area contributed by atoms with Crippen molar-refractivity contribution in [2.45, 2.75) is 31.8 Å². The number of anilines is 1. The van der Waals surface area contributed by atoms with Gasteiger partial charge in [-0.25, -0.2) is 4.79 Å². The Balaban J connectivity index is 1.51. The number of fused-ring (bicyclic) bond motifs is 3. The lowest BCUT2D eigenvalue weighted by molar-refractivity contribution is -0.132. The summed E-state index contributed by atoms with van der Waals surface area (Å²) >= 11 is 0. The van der Waals surface area contributed by atoms with Crippen LogP contribution >= 0.6 is 0 Å². The van der Waals surface area contributed by atoms with E-state index in [0.717, 1.165) is 36.1 Å². The fraction of sp³-hybridized carbons (Fsp3) is 0.389. The number of ether oxygens (including phenoxy) is 1. The molecule has 2 aromatic rings. The number of amides is 2. The van der Waals surface area contributed by atoms with Crippen LogP contribution < -0.4 is 10.2 Å². The molecule has 1 atom stereocenters. The van der Waals surface area contributed by atoms with Gasteiger partial charge in [-0.05, 0) is 42.5 Å². The Bertz CT molecular complexity index is 883. The highest BCUT2D eigenvalue weighted by Crippen LogP contribution is 2.34. The van der Waals surface area contributed by atoms with Gasteiger partial charge in [-0.2, -0.15) is 13.9 Å². The van der Waals surface area contributed by atoms with Gasteiger partial charge in [-0.3, -0.25) is 14.8 Å². The third-order valence-corrected chi connectivity index (χ3v) is 4.86. The zero-order chi connectivity index (χ0) is 19.0. The van der Waals surface area contributed by atoms with E-state index >= 15 is 0 Å². The first-order valence-corrected chi connectivity index (χ1v) is 8.72. The molecule has 1 aliphatic carbocycles. The number of aromatic amines is 1. The van der Waals surface area contributed by atoms with Crippen LogP contribution in [0, 0.1) is 0 Å². The van der Waals surface area contributed by atoms with Crippen LogP contribution in [0.25, 0.3) is 11.3 Å². The molecule has 142 valence electrons. The van der Waals surface area contributed by atoms with Gasteiger partial charge in [0.2, 0.25) is 0 Å². The lowest BCUT2D eigenvalue weighted by Gasteiger charge is -2.16. The summed E-state index contributed by atoms with van der Waals surface area (Å²) in [6.45, 7) is 0.0459. The third-order valence-electron chi connectivity index (χ3n) is 4.86. The largest absolute Gasteiger partial charge is 0.442 e. The second-order valence-electron chi connectivity index (χ2n) is 6.63. The Hall–Kier alpha value is -2.97. The van der Waals surface area contributed by atoms with Gasteiger partial charge in [-0.1, -0.05) is 6.07 Å². The van der Waals surface area contributed by atoms with Crippen molar-refractivity contribution in [2.75, 3.05) is 18.0 Å². The van der Waals surface area contributed by atoms with Crippen LogP contribution in [-0.4, -0.2) is 47.8 Å². The topological polar surface area (TPSA) is 87.3 Å². The molecule has 1 fully saturated rings. The number of alkyl halides is 2. The Labute approximate surface area is 153 Å². The number of cyclic esters (lactones) is 1. The van der Waals surface area contributed by atoms with Crippen LogP contribution in [0.2, 0.25) is 0 Å². The van der Waals surface area contributed by atoms with Crippen LogP contribution in [0.3, 0.4) is 0 Å². The normalized spacial score (nSPS) is 18.7. The molecule has 2 N–H and O–H groups in total. The van der Waals surface area contributed by atoms with E-state index in [1.807, 2.05) is 24.4 Å². The molecule has 1 saturated heterocycles. The number of H-pyrrole nitrogens is 1. The number of hydrogen-bond donors (Lipinski definition) is 2. The highest BCUT2D eigenvalue weighted by Gasteiger charge is 2.33. The molecule has 0 spiro atoms. The molecule has 0 radical (unpaired) electrons. The molecule has 1 aliphatic heterocycles. The minimum atomic E-state index is -3.09. The second kappa shape index (κ2) is 6.98. The molecule has 1 unspecified atom stereocenters. The number of aryl methyl sites for hydroxylation is 2. The van der Waals surface area contributed by atoms with Gasteiger partial charge < -0.3 is 10.1 Å². The number of carbonyl (C=O) groups excluding carboxylic acids is 2.